The van der Waals surface area contributed by atoms with Crippen LogP contribution in [0.2, 0.25) is 0 Å². The number of rotatable bonds is 6. The second kappa shape index (κ2) is 9.78. The highest BCUT2D eigenvalue weighted by molar-refractivity contribution is 5.87. The van der Waals surface area contributed by atoms with Gasteiger partial charge in [-0.2, -0.15) is 5.26 Å². The lowest BCUT2D eigenvalue weighted by atomic mass is 9.78. The maximum Gasteiger partial charge on any atom is 0.241 e. The lowest BCUT2D eigenvalue weighted by Crippen LogP contribution is -2.71. The van der Waals surface area contributed by atoms with Crippen molar-refractivity contribution in [1.29, 1.82) is 5.26 Å². The molecule has 1 saturated heterocycles. The molecular formula is C25H33N5O. The molecule has 1 aliphatic heterocycles. The standard InChI is InChI=1S/C25H33N5O/c26-15-16-28-23(31)24(11-5-2-6-12-24)29-25(30-19-17-27-18-20-30)13-9-22(10-14-25)21-7-3-1-4-8-21/h1,3-4,7-10,13,27,29H,2,5-6,11-12,14,16-20H2,(H,28,31). The van der Waals surface area contributed by atoms with Crippen molar-refractivity contribution >= 4 is 11.5 Å². The fourth-order valence-electron chi connectivity index (χ4n) is 5.21. The SMILES string of the molecule is N#CCNC(=O)C1(NC2(N3CCNCC3)C=CC(c3ccccc3)=CC2)CCCCC1. The molecule has 164 valence electrons. The number of carbonyl (C=O) groups is 1. The molecule has 0 spiro atoms. The van der Waals surface area contributed by atoms with Gasteiger partial charge in [-0.15, -0.1) is 0 Å². The second-order valence-electron chi connectivity index (χ2n) is 8.83. The van der Waals surface area contributed by atoms with Crippen LogP contribution in [-0.2, 0) is 4.79 Å². The van der Waals surface area contributed by atoms with Crippen LogP contribution in [0.1, 0.15) is 44.1 Å². The van der Waals surface area contributed by atoms with Gasteiger partial charge in [0.05, 0.1) is 17.3 Å². The van der Waals surface area contributed by atoms with Crippen molar-refractivity contribution in [3.63, 3.8) is 0 Å². The third-order valence-corrected chi connectivity index (χ3v) is 6.89. The first-order chi connectivity index (χ1) is 15.2. The number of nitrogens with zero attached hydrogens (tertiary/aromatic N) is 2. The summed E-state index contributed by atoms with van der Waals surface area (Å²) in [6, 6.07) is 12.5. The summed E-state index contributed by atoms with van der Waals surface area (Å²) in [6.07, 6.45) is 12.4. The topological polar surface area (TPSA) is 80.2 Å². The molecule has 1 unspecified atom stereocenters. The van der Waals surface area contributed by atoms with Crippen molar-refractivity contribution in [3.8, 4) is 6.07 Å². The Bertz CT molecular complexity index is 860. The van der Waals surface area contributed by atoms with E-state index in [-0.39, 0.29) is 12.5 Å². The average molecular weight is 420 g/mol. The van der Waals surface area contributed by atoms with Gasteiger partial charge in [-0.25, -0.2) is 0 Å². The van der Waals surface area contributed by atoms with Crippen LogP contribution >= 0.6 is 0 Å². The predicted molar refractivity (Wildman–Crippen MR) is 123 cm³/mol. The fraction of sp³-hybridized carbons (Fsp3) is 0.520. The van der Waals surface area contributed by atoms with E-state index in [2.05, 4.69) is 69.4 Å². The van der Waals surface area contributed by atoms with Crippen molar-refractivity contribution in [2.45, 2.75) is 49.7 Å². The first-order valence-electron chi connectivity index (χ1n) is 11.5. The van der Waals surface area contributed by atoms with Crippen molar-refractivity contribution in [2.75, 3.05) is 32.7 Å². The highest BCUT2D eigenvalue weighted by Gasteiger charge is 2.47. The number of amides is 1. The van der Waals surface area contributed by atoms with Crippen LogP contribution in [0.4, 0.5) is 0 Å². The minimum absolute atomic E-state index is 0.0329. The Morgan fingerprint density at radius 2 is 1.87 bits per heavy atom. The van der Waals surface area contributed by atoms with Gasteiger partial charge >= 0.3 is 0 Å². The van der Waals surface area contributed by atoms with Gasteiger partial charge in [0.2, 0.25) is 5.91 Å². The molecule has 1 aromatic rings. The highest BCUT2D eigenvalue weighted by atomic mass is 16.2. The molecule has 3 N–H and O–H groups in total. The van der Waals surface area contributed by atoms with E-state index < -0.39 is 11.2 Å². The van der Waals surface area contributed by atoms with Crippen LogP contribution in [0, 0.1) is 11.3 Å². The monoisotopic (exact) mass is 419 g/mol. The summed E-state index contributed by atoms with van der Waals surface area (Å²) in [5, 5.41) is 19.2. The molecule has 2 fully saturated rings. The molecule has 31 heavy (non-hydrogen) atoms. The molecule has 2 aliphatic carbocycles. The molecule has 1 atom stereocenters. The van der Waals surface area contributed by atoms with Crippen LogP contribution in [0.15, 0.2) is 48.6 Å². The fourth-order valence-corrected chi connectivity index (χ4v) is 5.21. The Morgan fingerprint density at radius 1 is 1.13 bits per heavy atom. The quantitative estimate of drug-likeness (QED) is 0.618. The molecule has 6 nitrogen and oxygen atoms in total. The van der Waals surface area contributed by atoms with Gasteiger partial charge in [0.1, 0.15) is 6.54 Å². The smallest absolute Gasteiger partial charge is 0.241 e. The Morgan fingerprint density at radius 3 is 2.52 bits per heavy atom. The number of hydrogen-bond donors (Lipinski definition) is 3. The zero-order valence-corrected chi connectivity index (χ0v) is 18.2. The van der Waals surface area contributed by atoms with Gasteiger partial charge in [0.25, 0.3) is 0 Å². The number of nitrogens with one attached hydrogen (secondary N) is 3. The van der Waals surface area contributed by atoms with Gasteiger partial charge in [-0.3, -0.25) is 15.0 Å². The molecule has 1 amide bonds. The zero-order chi connectivity index (χ0) is 21.6. The largest absolute Gasteiger partial charge is 0.341 e. The van der Waals surface area contributed by atoms with E-state index in [4.69, 9.17) is 5.26 Å². The number of nitriles is 1. The van der Waals surface area contributed by atoms with Gasteiger partial charge < -0.3 is 10.6 Å². The first kappa shape index (κ1) is 21.8. The number of benzene rings is 1. The molecule has 1 saturated carbocycles. The maximum absolute atomic E-state index is 13.3. The minimum Gasteiger partial charge on any atom is -0.341 e. The molecule has 3 aliphatic rings. The average Bonchev–Trinajstić information content (AvgIpc) is 2.84. The number of allylic oxidation sites excluding steroid dienone is 2. The van der Waals surface area contributed by atoms with Crippen LogP contribution in [0.3, 0.4) is 0 Å². The zero-order valence-electron chi connectivity index (χ0n) is 18.2. The van der Waals surface area contributed by atoms with E-state index in [1.165, 1.54) is 11.1 Å². The predicted octanol–water partition coefficient (Wildman–Crippen LogP) is 2.56. The second-order valence-corrected chi connectivity index (χ2v) is 8.83. The van der Waals surface area contributed by atoms with Gasteiger partial charge in [-0.1, -0.05) is 61.7 Å². The van der Waals surface area contributed by atoms with Crippen molar-refractivity contribution in [3.05, 3.63) is 54.1 Å². The summed E-state index contributed by atoms with van der Waals surface area (Å²) >= 11 is 0. The molecule has 4 rings (SSSR count). The van der Waals surface area contributed by atoms with E-state index >= 15 is 0 Å². The lowest BCUT2D eigenvalue weighted by molar-refractivity contribution is -0.131. The highest BCUT2D eigenvalue weighted by Crippen LogP contribution is 2.36. The summed E-state index contributed by atoms with van der Waals surface area (Å²) < 4.78 is 0. The molecule has 1 heterocycles. The molecule has 6 heteroatoms. The Kier molecular flexibility index (Phi) is 6.86. The summed E-state index contributed by atoms with van der Waals surface area (Å²) in [4.78, 5) is 15.7. The number of piperazine rings is 1. The minimum atomic E-state index is -0.637. The summed E-state index contributed by atoms with van der Waals surface area (Å²) in [6.45, 7) is 3.81. The summed E-state index contributed by atoms with van der Waals surface area (Å²) in [7, 11) is 0. The van der Waals surface area contributed by atoms with Crippen LogP contribution < -0.4 is 16.0 Å². The Hall–Kier alpha value is -2.46. The molecule has 1 aromatic carbocycles. The van der Waals surface area contributed by atoms with Crippen molar-refractivity contribution in [2.24, 2.45) is 0 Å². The first-order valence-corrected chi connectivity index (χ1v) is 11.5. The van der Waals surface area contributed by atoms with Gasteiger partial charge in [0.15, 0.2) is 0 Å². The Labute approximate surface area is 185 Å². The van der Waals surface area contributed by atoms with Gasteiger partial charge in [-0.05, 0) is 30.1 Å². The number of hydrogen-bond acceptors (Lipinski definition) is 5. The molecule has 0 aromatic heterocycles. The Balaban J connectivity index is 1.64. The number of carbonyl (C=O) groups excluding carboxylic acids is 1. The lowest BCUT2D eigenvalue weighted by Gasteiger charge is -2.51. The van der Waals surface area contributed by atoms with Crippen LogP contribution in [-0.4, -0.2) is 54.7 Å². The molecule has 0 radical (unpaired) electrons. The van der Waals surface area contributed by atoms with E-state index in [9.17, 15) is 4.79 Å². The van der Waals surface area contributed by atoms with Crippen LogP contribution in [0.25, 0.3) is 5.57 Å². The third-order valence-electron chi connectivity index (χ3n) is 6.89. The normalized spacial score (nSPS) is 26.0. The van der Waals surface area contributed by atoms with Crippen molar-refractivity contribution < 1.29 is 4.79 Å². The van der Waals surface area contributed by atoms with E-state index in [1.807, 2.05) is 6.07 Å². The van der Waals surface area contributed by atoms with Crippen LogP contribution in [0.5, 0.6) is 0 Å². The maximum atomic E-state index is 13.3. The molecule has 0 bridgehead atoms. The molecular weight excluding hydrogens is 386 g/mol. The summed E-state index contributed by atoms with van der Waals surface area (Å²) in [5.74, 6) is -0.0329. The van der Waals surface area contributed by atoms with E-state index in [1.54, 1.807) is 0 Å². The third kappa shape index (κ3) is 4.74. The summed E-state index contributed by atoms with van der Waals surface area (Å²) in [5.41, 5.74) is 1.40. The van der Waals surface area contributed by atoms with E-state index in [0.29, 0.717) is 0 Å². The van der Waals surface area contributed by atoms with Gasteiger partial charge in [0, 0.05) is 32.6 Å². The van der Waals surface area contributed by atoms with E-state index in [0.717, 1.165) is 64.7 Å². The van der Waals surface area contributed by atoms with Crippen molar-refractivity contribution in [1.82, 2.24) is 20.9 Å².